The van der Waals surface area contributed by atoms with Crippen molar-refractivity contribution in [2.24, 2.45) is 0 Å². The summed E-state index contributed by atoms with van der Waals surface area (Å²) in [5.74, 6) is 1.82. The van der Waals surface area contributed by atoms with Gasteiger partial charge in [0.2, 0.25) is 0 Å². The van der Waals surface area contributed by atoms with Crippen molar-refractivity contribution in [1.82, 2.24) is 0 Å². The molecule has 0 amide bonds. The van der Waals surface area contributed by atoms with Crippen molar-refractivity contribution in [3.8, 4) is 0 Å². The molecule has 0 nitrogen and oxygen atoms in total. The van der Waals surface area contributed by atoms with Crippen molar-refractivity contribution < 1.29 is 4.39 Å². The summed E-state index contributed by atoms with van der Waals surface area (Å²) in [6.45, 7) is 2.01. The van der Waals surface area contributed by atoms with Crippen LogP contribution in [0, 0.1) is 0 Å². The zero-order chi connectivity index (χ0) is 6.95. The van der Waals surface area contributed by atoms with E-state index < -0.39 is 0 Å². The molecular formula is C7H15FS. The normalized spacial score (nSPS) is 10.0. The van der Waals surface area contributed by atoms with Crippen molar-refractivity contribution in [3.63, 3.8) is 0 Å². The first-order chi connectivity index (χ1) is 4.41. The summed E-state index contributed by atoms with van der Waals surface area (Å²) in [6, 6.07) is 0. The molecule has 0 aromatic heterocycles. The lowest BCUT2D eigenvalue weighted by atomic mass is 10.3. The number of unbranched alkanes of at least 4 members (excludes halogenated alkanes) is 2. The molecule has 0 unspecified atom stereocenters. The molecule has 0 fully saturated rings. The van der Waals surface area contributed by atoms with Gasteiger partial charge in [-0.25, -0.2) is 0 Å². The molecule has 0 rings (SSSR count). The highest BCUT2D eigenvalue weighted by Gasteiger charge is 1.86. The summed E-state index contributed by atoms with van der Waals surface area (Å²) in [7, 11) is 0. The summed E-state index contributed by atoms with van der Waals surface area (Å²) in [5.41, 5.74) is 0. The Balaban J connectivity index is 2.60. The Morgan fingerprint density at radius 2 is 2.00 bits per heavy atom. The third kappa shape index (κ3) is 8.28. The van der Waals surface area contributed by atoms with Gasteiger partial charge in [0.15, 0.2) is 0 Å². The lowest BCUT2D eigenvalue weighted by Crippen LogP contribution is -1.84. The van der Waals surface area contributed by atoms with E-state index >= 15 is 0 Å². The van der Waals surface area contributed by atoms with Crippen LogP contribution in [0.5, 0.6) is 0 Å². The van der Waals surface area contributed by atoms with Gasteiger partial charge in [-0.1, -0.05) is 19.8 Å². The van der Waals surface area contributed by atoms with Crippen molar-refractivity contribution in [2.75, 3.05) is 18.2 Å². The number of hydrogen-bond donors (Lipinski definition) is 0. The standard InChI is InChI=1S/C7H15FS/c1-2-3-4-6-9-7-5-8/h2-7H2,1H3. The largest absolute Gasteiger partial charge is 0.250 e. The van der Waals surface area contributed by atoms with Crippen LogP contribution in [0.15, 0.2) is 0 Å². The van der Waals surface area contributed by atoms with E-state index in [-0.39, 0.29) is 6.67 Å². The van der Waals surface area contributed by atoms with Gasteiger partial charge in [0.05, 0.1) is 6.67 Å². The highest BCUT2D eigenvalue weighted by Crippen LogP contribution is 2.05. The molecule has 0 heterocycles. The Morgan fingerprint density at radius 1 is 1.22 bits per heavy atom. The van der Waals surface area contributed by atoms with Crippen LogP contribution in [0.4, 0.5) is 4.39 Å². The fraction of sp³-hybridized carbons (Fsp3) is 1.00. The molecule has 0 aromatic carbocycles. The van der Waals surface area contributed by atoms with Gasteiger partial charge in [-0.2, -0.15) is 11.8 Å². The molecule has 0 aliphatic heterocycles. The number of alkyl halides is 1. The molecule has 0 radical (unpaired) electrons. The number of hydrogen-bond acceptors (Lipinski definition) is 1. The Hall–Kier alpha value is 0.280. The lowest BCUT2D eigenvalue weighted by molar-refractivity contribution is 0.532. The second kappa shape index (κ2) is 8.28. The quantitative estimate of drug-likeness (QED) is 0.525. The van der Waals surface area contributed by atoms with Crippen LogP contribution < -0.4 is 0 Å². The molecule has 0 atom stereocenters. The Kier molecular flexibility index (Phi) is 8.54. The predicted molar refractivity (Wildman–Crippen MR) is 42.8 cm³/mol. The summed E-state index contributed by atoms with van der Waals surface area (Å²) in [4.78, 5) is 0. The van der Waals surface area contributed by atoms with E-state index in [0.29, 0.717) is 5.75 Å². The Bertz CT molecular complexity index is 42.2. The number of halogens is 1. The third-order valence-corrected chi connectivity index (χ3v) is 2.13. The lowest BCUT2D eigenvalue weighted by Gasteiger charge is -1.95. The van der Waals surface area contributed by atoms with Gasteiger partial charge in [-0.3, -0.25) is 4.39 Å². The molecule has 0 saturated carbocycles. The fourth-order valence-electron chi connectivity index (χ4n) is 0.611. The second-order valence-electron chi connectivity index (χ2n) is 2.01. The zero-order valence-corrected chi connectivity index (χ0v) is 6.85. The first-order valence-corrected chi connectivity index (χ1v) is 4.71. The highest BCUT2D eigenvalue weighted by atomic mass is 32.2. The van der Waals surface area contributed by atoms with Gasteiger partial charge >= 0.3 is 0 Å². The summed E-state index contributed by atoms with van der Waals surface area (Å²) in [6.07, 6.45) is 3.80. The minimum atomic E-state index is -0.170. The van der Waals surface area contributed by atoms with Crippen LogP contribution in [-0.4, -0.2) is 18.2 Å². The van der Waals surface area contributed by atoms with Gasteiger partial charge in [0.25, 0.3) is 0 Å². The van der Waals surface area contributed by atoms with E-state index in [2.05, 4.69) is 6.92 Å². The fourth-order valence-corrected chi connectivity index (χ4v) is 1.33. The predicted octanol–water partition coefficient (Wildman–Crippen LogP) is 2.88. The minimum Gasteiger partial charge on any atom is -0.250 e. The van der Waals surface area contributed by atoms with Crippen LogP contribution in [0.2, 0.25) is 0 Å². The summed E-state index contributed by atoms with van der Waals surface area (Å²) in [5, 5.41) is 0. The molecule has 0 aromatic rings. The smallest absolute Gasteiger partial charge is 0.0984 e. The summed E-state index contributed by atoms with van der Waals surface area (Å²) < 4.78 is 11.5. The summed E-state index contributed by atoms with van der Waals surface area (Å²) >= 11 is 1.72. The van der Waals surface area contributed by atoms with Crippen LogP contribution in [0.1, 0.15) is 26.2 Å². The van der Waals surface area contributed by atoms with Crippen molar-refractivity contribution in [1.29, 1.82) is 0 Å². The minimum absolute atomic E-state index is 0.170. The topological polar surface area (TPSA) is 0 Å². The maximum Gasteiger partial charge on any atom is 0.0984 e. The van der Waals surface area contributed by atoms with Crippen LogP contribution in [0.3, 0.4) is 0 Å². The molecule has 0 aliphatic carbocycles. The van der Waals surface area contributed by atoms with E-state index in [0.717, 1.165) is 5.75 Å². The molecule has 0 N–H and O–H groups in total. The van der Waals surface area contributed by atoms with Gasteiger partial charge in [-0.15, -0.1) is 0 Å². The van der Waals surface area contributed by atoms with Crippen LogP contribution >= 0.6 is 11.8 Å². The molecule has 0 spiro atoms. The highest BCUT2D eigenvalue weighted by molar-refractivity contribution is 7.99. The monoisotopic (exact) mass is 150 g/mol. The maximum absolute atomic E-state index is 11.5. The van der Waals surface area contributed by atoms with Crippen molar-refractivity contribution in [3.05, 3.63) is 0 Å². The van der Waals surface area contributed by atoms with E-state index in [1.807, 2.05) is 0 Å². The van der Waals surface area contributed by atoms with Gasteiger partial charge in [-0.05, 0) is 12.2 Å². The van der Waals surface area contributed by atoms with Crippen LogP contribution in [-0.2, 0) is 0 Å². The molecule has 9 heavy (non-hydrogen) atoms. The third-order valence-electron chi connectivity index (χ3n) is 1.11. The van der Waals surface area contributed by atoms with Crippen molar-refractivity contribution in [2.45, 2.75) is 26.2 Å². The van der Waals surface area contributed by atoms with E-state index in [1.165, 1.54) is 19.3 Å². The van der Waals surface area contributed by atoms with Gasteiger partial charge < -0.3 is 0 Å². The first-order valence-electron chi connectivity index (χ1n) is 3.55. The van der Waals surface area contributed by atoms with Crippen LogP contribution in [0.25, 0.3) is 0 Å². The van der Waals surface area contributed by atoms with Gasteiger partial charge in [0, 0.05) is 5.75 Å². The molecule has 2 heteroatoms. The molecule has 0 bridgehead atoms. The van der Waals surface area contributed by atoms with Crippen molar-refractivity contribution >= 4 is 11.8 Å². The molecular weight excluding hydrogens is 135 g/mol. The number of thioether (sulfide) groups is 1. The average molecular weight is 150 g/mol. The van der Waals surface area contributed by atoms with E-state index in [1.54, 1.807) is 11.8 Å². The van der Waals surface area contributed by atoms with E-state index in [4.69, 9.17) is 0 Å². The molecule has 0 aliphatic rings. The molecule has 0 saturated heterocycles. The average Bonchev–Trinajstić information content (AvgIpc) is 1.89. The van der Waals surface area contributed by atoms with Gasteiger partial charge in [0.1, 0.15) is 0 Å². The SMILES string of the molecule is CCCCCSCCF. The second-order valence-corrected chi connectivity index (χ2v) is 3.23. The zero-order valence-electron chi connectivity index (χ0n) is 6.03. The Labute approximate surface area is 61.2 Å². The maximum atomic E-state index is 11.5. The number of rotatable bonds is 6. The molecule has 56 valence electrons. The Morgan fingerprint density at radius 3 is 2.56 bits per heavy atom. The van der Waals surface area contributed by atoms with E-state index in [9.17, 15) is 4.39 Å². The first kappa shape index (κ1) is 9.28.